The summed E-state index contributed by atoms with van der Waals surface area (Å²) in [7, 11) is 1.65. The number of nitrogens with one attached hydrogen (secondary N) is 1. The molecule has 0 aromatic carbocycles. The fraction of sp³-hybridized carbons (Fsp3) is 0.733. The molecule has 1 unspecified atom stereocenters. The van der Waals surface area contributed by atoms with Crippen molar-refractivity contribution in [2.75, 3.05) is 38.2 Å². The van der Waals surface area contributed by atoms with Crippen LogP contribution in [0.3, 0.4) is 0 Å². The predicted molar refractivity (Wildman–Crippen MR) is 81.4 cm³/mol. The van der Waals surface area contributed by atoms with E-state index < -0.39 is 0 Å². The van der Waals surface area contributed by atoms with E-state index in [0.29, 0.717) is 11.8 Å². The number of aromatic nitrogens is 2. The van der Waals surface area contributed by atoms with E-state index in [0.717, 1.165) is 44.2 Å². The molecule has 0 bridgehead atoms. The van der Waals surface area contributed by atoms with Crippen LogP contribution in [0, 0.1) is 12.8 Å². The Morgan fingerprint density at radius 2 is 2.30 bits per heavy atom. The molecule has 1 aliphatic heterocycles. The van der Waals surface area contributed by atoms with Gasteiger partial charge in [-0.05, 0) is 45.2 Å². The number of methoxy groups -OCH3 is 1. The maximum atomic E-state index is 5.26. The lowest BCUT2D eigenvalue weighted by atomic mass is 9.99. The molecule has 5 nitrogen and oxygen atoms in total. The van der Waals surface area contributed by atoms with Gasteiger partial charge in [-0.3, -0.25) is 0 Å². The van der Waals surface area contributed by atoms with Gasteiger partial charge in [0.2, 0.25) is 5.88 Å². The Hall–Kier alpha value is -1.36. The van der Waals surface area contributed by atoms with E-state index in [-0.39, 0.29) is 0 Å². The molecule has 0 radical (unpaired) electrons. The van der Waals surface area contributed by atoms with E-state index in [1.54, 1.807) is 7.11 Å². The van der Waals surface area contributed by atoms with Crippen molar-refractivity contribution in [3.05, 3.63) is 11.9 Å². The predicted octanol–water partition coefficient (Wildman–Crippen LogP) is 2.01. The summed E-state index contributed by atoms with van der Waals surface area (Å²) in [4.78, 5) is 11.2. The van der Waals surface area contributed by atoms with Gasteiger partial charge >= 0.3 is 0 Å². The van der Waals surface area contributed by atoms with Crippen LogP contribution >= 0.6 is 0 Å². The highest BCUT2D eigenvalue weighted by molar-refractivity contribution is 5.41. The van der Waals surface area contributed by atoms with Crippen molar-refractivity contribution in [2.24, 2.45) is 5.92 Å². The molecule has 2 heterocycles. The molecule has 0 aliphatic carbocycles. The standard InChI is InChI=1S/C15H26N4O/c1-4-8-19(11-13-6-5-7-16-10-13)14-9-15(20-3)18-12(2)17-14/h9,13,16H,4-8,10-11H2,1-3H3. The first-order valence-electron chi connectivity index (χ1n) is 7.58. The quantitative estimate of drug-likeness (QED) is 0.862. The summed E-state index contributed by atoms with van der Waals surface area (Å²) in [6, 6.07) is 1.94. The number of nitrogens with zero attached hydrogens (tertiary/aromatic N) is 3. The number of ether oxygens (including phenoxy) is 1. The largest absolute Gasteiger partial charge is 0.481 e. The van der Waals surface area contributed by atoms with E-state index in [9.17, 15) is 0 Å². The second kappa shape index (κ2) is 7.43. The van der Waals surface area contributed by atoms with Crippen LogP contribution in [-0.4, -0.2) is 43.3 Å². The first kappa shape index (κ1) is 15.0. The number of anilines is 1. The second-order valence-corrected chi connectivity index (χ2v) is 5.47. The van der Waals surface area contributed by atoms with Gasteiger partial charge in [0.15, 0.2) is 0 Å². The van der Waals surface area contributed by atoms with Crippen LogP contribution in [0.1, 0.15) is 32.0 Å². The van der Waals surface area contributed by atoms with Crippen LogP contribution in [0.5, 0.6) is 5.88 Å². The van der Waals surface area contributed by atoms with E-state index in [1.807, 2.05) is 13.0 Å². The van der Waals surface area contributed by atoms with E-state index in [4.69, 9.17) is 4.74 Å². The van der Waals surface area contributed by atoms with Crippen LogP contribution in [0.2, 0.25) is 0 Å². The number of piperidine rings is 1. The van der Waals surface area contributed by atoms with Gasteiger partial charge in [-0.1, -0.05) is 6.92 Å². The number of hydrogen-bond donors (Lipinski definition) is 1. The third kappa shape index (κ3) is 4.07. The molecule has 1 N–H and O–H groups in total. The highest BCUT2D eigenvalue weighted by Crippen LogP contribution is 2.20. The fourth-order valence-corrected chi connectivity index (χ4v) is 2.75. The molecule has 112 valence electrons. The SMILES string of the molecule is CCCN(CC1CCCNC1)c1cc(OC)nc(C)n1. The molecule has 1 saturated heterocycles. The zero-order chi connectivity index (χ0) is 14.4. The Bertz CT molecular complexity index is 418. The van der Waals surface area contributed by atoms with E-state index in [1.165, 1.54) is 12.8 Å². The molecule has 2 rings (SSSR count). The lowest BCUT2D eigenvalue weighted by molar-refractivity contribution is 0.374. The monoisotopic (exact) mass is 278 g/mol. The van der Waals surface area contributed by atoms with Crippen LogP contribution < -0.4 is 15.0 Å². The minimum absolute atomic E-state index is 0.648. The molecule has 1 fully saturated rings. The summed E-state index contributed by atoms with van der Waals surface area (Å²) >= 11 is 0. The summed E-state index contributed by atoms with van der Waals surface area (Å²) < 4.78 is 5.26. The van der Waals surface area contributed by atoms with Crippen LogP contribution in [-0.2, 0) is 0 Å². The van der Waals surface area contributed by atoms with Gasteiger partial charge in [0, 0.05) is 19.2 Å². The first-order chi connectivity index (χ1) is 9.72. The third-order valence-electron chi connectivity index (χ3n) is 3.71. The van der Waals surface area contributed by atoms with E-state index >= 15 is 0 Å². The third-order valence-corrected chi connectivity index (χ3v) is 3.71. The van der Waals surface area contributed by atoms with Crippen molar-refractivity contribution in [1.29, 1.82) is 0 Å². The van der Waals surface area contributed by atoms with Crippen molar-refractivity contribution in [3.8, 4) is 5.88 Å². The second-order valence-electron chi connectivity index (χ2n) is 5.47. The number of hydrogen-bond acceptors (Lipinski definition) is 5. The van der Waals surface area contributed by atoms with Crippen molar-refractivity contribution in [1.82, 2.24) is 15.3 Å². The zero-order valence-corrected chi connectivity index (χ0v) is 12.9. The lowest BCUT2D eigenvalue weighted by Crippen LogP contribution is -2.39. The minimum atomic E-state index is 0.648. The van der Waals surface area contributed by atoms with Crippen molar-refractivity contribution in [3.63, 3.8) is 0 Å². The van der Waals surface area contributed by atoms with Gasteiger partial charge in [0.1, 0.15) is 11.6 Å². The van der Waals surface area contributed by atoms with Crippen molar-refractivity contribution >= 4 is 5.82 Å². The molecule has 5 heteroatoms. The van der Waals surface area contributed by atoms with Gasteiger partial charge < -0.3 is 15.0 Å². The summed E-state index contributed by atoms with van der Waals surface area (Å²) in [5, 5.41) is 3.48. The zero-order valence-electron chi connectivity index (χ0n) is 12.9. The highest BCUT2D eigenvalue weighted by atomic mass is 16.5. The number of rotatable bonds is 6. The fourth-order valence-electron chi connectivity index (χ4n) is 2.75. The Labute approximate surface area is 121 Å². The molecule has 20 heavy (non-hydrogen) atoms. The average molecular weight is 278 g/mol. The molecule has 0 spiro atoms. The summed E-state index contributed by atoms with van der Waals surface area (Å²) in [6.45, 7) is 8.47. The maximum absolute atomic E-state index is 5.26. The van der Waals surface area contributed by atoms with Crippen LogP contribution in [0.15, 0.2) is 6.07 Å². The Kier molecular flexibility index (Phi) is 5.59. The molecular formula is C15H26N4O. The summed E-state index contributed by atoms with van der Waals surface area (Å²) in [6.07, 6.45) is 3.69. The van der Waals surface area contributed by atoms with Gasteiger partial charge in [-0.2, -0.15) is 4.98 Å². The molecule has 1 aromatic rings. The van der Waals surface area contributed by atoms with Crippen molar-refractivity contribution < 1.29 is 4.74 Å². The topological polar surface area (TPSA) is 50.3 Å². The lowest BCUT2D eigenvalue weighted by Gasteiger charge is -2.31. The molecule has 0 amide bonds. The molecule has 0 saturated carbocycles. The summed E-state index contributed by atoms with van der Waals surface area (Å²) in [5.74, 6) is 3.11. The Morgan fingerprint density at radius 3 is 2.95 bits per heavy atom. The Morgan fingerprint density at radius 1 is 1.45 bits per heavy atom. The van der Waals surface area contributed by atoms with Crippen LogP contribution in [0.4, 0.5) is 5.82 Å². The molecule has 1 atom stereocenters. The molecule has 1 aromatic heterocycles. The van der Waals surface area contributed by atoms with Gasteiger partial charge in [-0.25, -0.2) is 4.98 Å². The summed E-state index contributed by atoms with van der Waals surface area (Å²) in [5.41, 5.74) is 0. The minimum Gasteiger partial charge on any atom is -0.481 e. The highest BCUT2D eigenvalue weighted by Gasteiger charge is 2.18. The Balaban J connectivity index is 2.12. The molecule has 1 aliphatic rings. The average Bonchev–Trinajstić information content (AvgIpc) is 2.47. The van der Waals surface area contributed by atoms with E-state index in [2.05, 4.69) is 27.1 Å². The van der Waals surface area contributed by atoms with Gasteiger partial charge in [0.25, 0.3) is 0 Å². The van der Waals surface area contributed by atoms with Gasteiger partial charge in [0.05, 0.1) is 7.11 Å². The maximum Gasteiger partial charge on any atom is 0.218 e. The van der Waals surface area contributed by atoms with Crippen LogP contribution in [0.25, 0.3) is 0 Å². The first-order valence-corrected chi connectivity index (χ1v) is 7.58. The van der Waals surface area contributed by atoms with Gasteiger partial charge in [-0.15, -0.1) is 0 Å². The molecular weight excluding hydrogens is 252 g/mol. The van der Waals surface area contributed by atoms with Crippen molar-refractivity contribution in [2.45, 2.75) is 33.1 Å². The number of aryl methyl sites for hydroxylation is 1. The normalized spacial score (nSPS) is 18.9. The smallest absolute Gasteiger partial charge is 0.218 e.